The predicted octanol–water partition coefficient (Wildman–Crippen LogP) is 0.755. The van der Waals surface area contributed by atoms with Crippen LogP contribution in [0.1, 0.15) is 11.4 Å². The van der Waals surface area contributed by atoms with E-state index in [0.29, 0.717) is 11.4 Å². The summed E-state index contributed by atoms with van der Waals surface area (Å²) >= 11 is 0. The fourth-order valence-electron chi connectivity index (χ4n) is 3.19. The minimum Gasteiger partial charge on any atom is -0.236 e. The van der Waals surface area contributed by atoms with Gasteiger partial charge in [-0.1, -0.05) is 18.2 Å². The fourth-order valence-corrected chi connectivity index (χ4v) is 5.80. The molecule has 0 N–H and O–H groups in total. The van der Waals surface area contributed by atoms with Crippen LogP contribution in [0.15, 0.2) is 35.2 Å². The van der Waals surface area contributed by atoms with Crippen LogP contribution in [0.2, 0.25) is 0 Å². The third-order valence-corrected chi connectivity index (χ3v) is 7.95. The van der Waals surface area contributed by atoms with Gasteiger partial charge in [0.2, 0.25) is 20.0 Å². The second kappa shape index (κ2) is 6.76. The summed E-state index contributed by atoms with van der Waals surface area (Å²) in [6.45, 7) is 3.97. The van der Waals surface area contributed by atoms with Crippen LogP contribution in [-0.2, 0) is 20.0 Å². The van der Waals surface area contributed by atoms with Crippen molar-refractivity contribution in [2.45, 2.75) is 18.7 Å². The Labute approximate surface area is 154 Å². The molecule has 26 heavy (non-hydrogen) atoms. The van der Waals surface area contributed by atoms with Crippen molar-refractivity contribution in [2.75, 3.05) is 32.4 Å². The largest absolute Gasteiger partial charge is 0.246 e. The highest BCUT2D eigenvalue weighted by Gasteiger charge is 2.35. The quantitative estimate of drug-likeness (QED) is 0.758. The molecule has 1 aliphatic rings. The molecule has 142 valence electrons. The first kappa shape index (κ1) is 19.0. The number of aromatic nitrogens is 2. The van der Waals surface area contributed by atoms with Gasteiger partial charge in [-0.25, -0.2) is 21.5 Å². The molecule has 1 aromatic carbocycles. The molecule has 1 aliphatic heterocycles. The van der Waals surface area contributed by atoms with E-state index in [0.717, 1.165) is 11.9 Å². The van der Waals surface area contributed by atoms with Gasteiger partial charge in [0.25, 0.3) is 0 Å². The van der Waals surface area contributed by atoms with Crippen molar-refractivity contribution in [3.8, 4) is 5.69 Å². The Bertz CT molecular complexity index is 1010. The molecule has 10 heteroatoms. The number of sulfonamides is 2. The molecule has 0 atom stereocenters. The smallest absolute Gasteiger partial charge is 0.236 e. The van der Waals surface area contributed by atoms with Crippen molar-refractivity contribution in [2.24, 2.45) is 0 Å². The molecule has 3 rings (SSSR count). The Hall–Kier alpha value is -1.75. The van der Waals surface area contributed by atoms with Gasteiger partial charge in [-0.2, -0.15) is 13.7 Å². The molecular formula is C16H22N4O4S2. The molecular weight excluding hydrogens is 376 g/mol. The number of aryl methyl sites for hydroxylation is 1. The number of piperazine rings is 1. The first-order valence-electron chi connectivity index (χ1n) is 8.19. The highest BCUT2D eigenvalue weighted by Crippen LogP contribution is 2.26. The first-order valence-corrected chi connectivity index (χ1v) is 11.5. The van der Waals surface area contributed by atoms with Crippen LogP contribution < -0.4 is 0 Å². The van der Waals surface area contributed by atoms with Crippen LogP contribution in [0.5, 0.6) is 0 Å². The maximum Gasteiger partial charge on any atom is 0.246 e. The minimum atomic E-state index is -3.75. The lowest BCUT2D eigenvalue weighted by Gasteiger charge is -2.32. The fraction of sp³-hybridized carbons (Fsp3) is 0.438. The van der Waals surface area contributed by atoms with E-state index in [9.17, 15) is 16.8 Å². The van der Waals surface area contributed by atoms with Gasteiger partial charge in [0.05, 0.1) is 23.3 Å². The van der Waals surface area contributed by atoms with Gasteiger partial charge in [-0.3, -0.25) is 0 Å². The summed E-state index contributed by atoms with van der Waals surface area (Å²) in [7, 11) is -7.06. The first-order chi connectivity index (χ1) is 12.1. The highest BCUT2D eigenvalue weighted by atomic mass is 32.2. The Balaban J connectivity index is 1.93. The lowest BCUT2D eigenvalue weighted by Crippen LogP contribution is -2.50. The normalized spacial score (nSPS) is 17.5. The standard InChI is InChI=1S/C16H22N4O4S2/c1-13-16(14(2)20(17-13)15-7-5-4-6-8-15)26(23,24)19-11-9-18(10-12-19)25(3,21)22/h4-8H,9-12H2,1-3H3. The third-order valence-electron chi connectivity index (χ3n) is 4.49. The average molecular weight is 399 g/mol. The summed E-state index contributed by atoms with van der Waals surface area (Å²) in [4.78, 5) is 0.189. The maximum atomic E-state index is 13.1. The molecule has 1 aromatic heterocycles. The third kappa shape index (κ3) is 3.41. The average Bonchev–Trinajstić information content (AvgIpc) is 2.90. The number of hydrogen-bond donors (Lipinski definition) is 0. The minimum absolute atomic E-state index is 0.130. The molecule has 1 saturated heterocycles. The summed E-state index contributed by atoms with van der Waals surface area (Å²) in [5, 5.41) is 4.40. The van der Waals surface area contributed by atoms with Crippen molar-refractivity contribution >= 4 is 20.0 Å². The Morgan fingerprint density at radius 1 is 0.885 bits per heavy atom. The molecule has 1 fully saturated rings. The van der Waals surface area contributed by atoms with Crippen LogP contribution in [0, 0.1) is 13.8 Å². The Kier molecular flexibility index (Phi) is 4.95. The molecule has 0 radical (unpaired) electrons. The van der Waals surface area contributed by atoms with E-state index in [2.05, 4.69) is 5.10 Å². The number of hydrogen-bond acceptors (Lipinski definition) is 5. The molecule has 0 aliphatic carbocycles. The molecule has 2 aromatic rings. The van der Waals surface area contributed by atoms with Crippen molar-refractivity contribution < 1.29 is 16.8 Å². The lowest BCUT2D eigenvalue weighted by atomic mass is 10.3. The van der Waals surface area contributed by atoms with E-state index in [1.165, 1.54) is 8.61 Å². The van der Waals surface area contributed by atoms with Crippen LogP contribution in [0.4, 0.5) is 0 Å². The number of nitrogens with zero attached hydrogens (tertiary/aromatic N) is 4. The summed E-state index contributed by atoms with van der Waals surface area (Å²) in [5.41, 5.74) is 1.76. The van der Waals surface area contributed by atoms with Crippen LogP contribution in [-0.4, -0.2) is 67.7 Å². The SMILES string of the molecule is Cc1nn(-c2ccccc2)c(C)c1S(=O)(=O)N1CCN(S(C)(=O)=O)CC1. The molecule has 0 amide bonds. The van der Waals surface area contributed by atoms with E-state index in [1.807, 2.05) is 30.3 Å². The van der Waals surface area contributed by atoms with Gasteiger partial charge in [-0.05, 0) is 26.0 Å². The van der Waals surface area contributed by atoms with Crippen molar-refractivity contribution in [3.63, 3.8) is 0 Å². The van der Waals surface area contributed by atoms with E-state index in [1.54, 1.807) is 18.5 Å². The van der Waals surface area contributed by atoms with E-state index in [-0.39, 0.29) is 31.1 Å². The zero-order valence-corrected chi connectivity index (χ0v) is 16.6. The summed E-state index contributed by atoms with van der Waals surface area (Å²) in [6.07, 6.45) is 1.13. The van der Waals surface area contributed by atoms with Gasteiger partial charge in [0.15, 0.2) is 0 Å². The Morgan fingerprint density at radius 3 is 1.96 bits per heavy atom. The lowest BCUT2D eigenvalue weighted by molar-refractivity contribution is 0.274. The van der Waals surface area contributed by atoms with E-state index in [4.69, 9.17) is 0 Å². The van der Waals surface area contributed by atoms with Gasteiger partial charge < -0.3 is 0 Å². The maximum absolute atomic E-state index is 13.1. The summed E-state index contributed by atoms with van der Waals surface area (Å²) in [6, 6.07) is 9.34. The molecule has 0 bridgehead atoms. The molecule has 8 nitrogen and oxygen atoms in total. The van der Waals surface area contributed by atoms with Crippen molar-refractivity contribution in [1.29, 1.82) is 0 Å². The van der Waals surface area contributed by atoms with Gasteiger partial charge >= 0.3 is 0 Å². The van der Waals surface area contributed by atoms with Crippen LogP contribution in [0.25, 0.3) is 5.69 Å². The molecule has 2 heterocycles. The number of benzene rings is 1. The predicted molar refractivity (Wildman–Crippen MR) is 98.2 cm³/mol. The number of para-hydroxylation sites is 1. The highest BCUT2D eigenvalue weighted by molar-refractivity contribution is 7.89. The summed E-state index contributed by atoms with van der Waals surface area (Å²) in [5.74, 6) is 0. The summed E-state index contributed by atoms with van der Waals surface area (Å²) < 4.78 is 53.8. The van der Waals surface area contributed by atoms with E-state index < -0.39 is 20.0 Å². The van der Waals surface area contributed by atoms with Crippen molar-refractivity contribution in [3.05, 3.63) is 41.7 Å². The second-order valence-electron chi connectivity index (χ2n) is 6.31. The zero-order chi connectivity index (χ0) is 19.1. The van der Waals surface area contributed by atoms with Crippen LogP contribution in [0.3, 0.4) is 0 Å². The zero-order valence-electron chi connectivity index (χ0n) is 15.0. The molecule has 0 unspecified atom stereocenters. The van der Waals surface area contributed by atoms with E-state index >= 15 is 0 Å². The van der Waals surface area contributed by atoms with Gasteiger partial charge in [0, 0.05) is 26.2 Å². The van der Waals surface area contributed by atoms with Gasteiger partial charge in [-0.15, -0.1) is 0 Å². The van der Waals surface area contributed by atoms with Gasteiger partial charge in [0.1, 0.15) is 4.90 Å². The second-order valence-corrected chi connectivity index (χ2v) is 10.2. The molecule has 0 spiro atoms. The topological polar surface area (TPSA) is 92.6 Å². The van der Waals surface area contributed by atoms with Crippen LogP contribution >= 0.6 is 0 Å². The van der Waals surface area contributed by atoms with Crippen molar-refractivity contribution in [1.82, 2.24) is 18.4 Å². The number of rotatable bonds is 4. The Morgan fingerprint density at radius 2 is 1.42 bits per heavy atom. The molecule has 0 saturated carbocycles. The monoisotopic (exact) mass is 398 g/mol.